The summed E-state index contributed by atoms with van der Waals surface area (Å²) in [4.78, 5) is 22.4. The number of anilines is 1. The largest absolute Gasteiger partial charge is 0.369 e. The second kappa shape index (κ2) is 7.97. The summed E-state index contributed by atoms with van der Waals surface area (Å²) in [7, 11) is 0. The van der Waals surface area contributed by atoms with Crippen LogP contribution >= 0.6 is 0 Å². The van der Waals surface area contributed by atoms with E-state index in [0.717, 1.165) is 61.8 Å². The van der Waals surface area contributed by atoms with E-state index in [-0.39, 0.29) is 0 Å². The molecule has 0 amide bonds. The number of nitrogens with one attached hydrogen (secondary N) is 2. The Morgan fingerprint density at radius 3 is 2.81 bits per heavy atom. The average Bonchev–Trinajstić information content (AvgIpc) is 2.95. The second-order valence-electron chi connectivity index (χ2n) is 6.16. The first kappa shape index (κ1) is 16.5. The molecule has 1 aliphatic heterocycles. The van der Waals surface area contributed by atoms with Crippen LogP contribution in [0.4, 0.5) is 5.82 Å². The minimum atomic E-state index is 0.674. The van der Waals surface area contributed by atoms with Crippen molar-refractivity contribution in [3.8, 4) is 11.5 Å². The Bertz CT molecular complexity index is 853. The number of aromatic nitrogens is 5. The topological polar surface area (TPSA) is 88.5 Å². The summed E-state index contributed by atoms with van der Waals surface area (Å²) in [5.74, 6) is 1.58. The highest BCUT2D eigenvalue weighted by Crippen LogP contribution is 2.23. The highest BCUT2D eigenvalue weighted by Gasteiger charge is 2.17. The van der Waals surface area contributed by atoms with E-state index >= 15 is 0 Å². The summed E-state index contributed by atoms with van der Waals surface area (Å²) in [5.41, 5.74) is 4.07. The van der Waals surface area contributed by atoms with Gasteiger partial charge in [-0.05, 0) is 25.1 Å². The van der Waals surface area contributed by atoms with Gasteiger partial charge >= 0.3 is 0 Å². The maximum absolute atomic E-state index is 4.79. The van der Waals surface area contributed by atoms with Crippen LogP contribution in [0.5, 0.6) is 0 Å². The number of pyridine rings is 1. The molecule has 7 nitrogen and oxygen atoms in total. The summed E-state index contributed by atoms with van der Waals surface area (Å²) >= 11 is 0. The van der Waals surface area contributed by atoms with Crippen molar-refractivity contribution in [1.29, 1.82) is 0 Å². The Balaban J connectivity index is 1.61. The van der Waals surface area contributed by atoms with Crippen LogP contribution in [0.3, 0.4) is 0 Å². The monoisotopic (exact) mass is 347 g/mol. The number of fused-ring (bicyclic) bond motifs is 1. The average molecular weight is 347 g/mol. The van der Waals surface area contributed by atoms with E-state index in [9.17, 15) is 0 Å². The molecule has 1 aliphatic rings. The molecule has 0 fully saturated rings. The third-order valence-electron chi connectivity index (χ3n) is 4.37. The van der Waals surface area contributed by atoms with Gasteiger partial charge in [0, 0.05) is 56.3 Å². The van der Waals surface area contributed by atoms with E-state index in [4.69, 9.17) is 9.97 Å². The van der Waals surface area contributed by atoms with Crippen molar-refractivity contribution in [2.24, 2.45) is 0 Å². The van der Waals surface area contributed by atoms with Gasteiger partial charge in [0.05, 0.1) is 11.4 Å². The normalized spacial score (nSPS) is 13.7. The van der Waals surface area contributed by atoms with E-state index in [0.29, 0.717) is 5.82 Å². The van der Waals surface area contributed by atoms with Crippen LogP contribution in [0, 0.1) is 0 Å². The van der Waals surface area contributed by atoms with Crippen LogP contribution in [-0.4, -0.2) is 44.6 Å². The third-order valence-corrected chi connectivity index (χ3v) is 4.37. The molecule has 132 valence electrons. The van der Waals surface area contributed by atoms with Crippen molar-refractivity contribution in [1.82, 2.24) is 30.2 Å². The van der Waals surface area contributed by atoms with E-state index in [1.54, 1.807) is 24.8 Å². The van der Waals surface area contributed by atoms with Crippen molar-refractivity contribution < 1.29 is 0 Å². The van der Waals surface area contributed by atoms with Gasteiger partial charge in [-0.1, -0.05) is 6.07 Å². The molecule has 0 saturated heterocycles. The van der Waals surface area contributed by atoms with Gasteiger partial charge in [-0.3, -0.25) is 15.0 Å². The minimum absolute atomic E-state index is 0.674. The highest BCUT2D eigenvalue weighted by atomic mass is 15.1. The van der Waals surface area contributed by atoms with E-state index in [1.165, 1.54) is 5.56 Å². The molecule has 7 heteroatoms. The molecule has 0 bridgehead atoms. The molecule has 0 spiro atoms. The summed E-state index contributed by atoms with van der Waals surface area (Å²) in [5, 5.41) is 6.92. The Kier molecular flexibility index (Phi) is 5.07. The van der Waals surface area contributed by atoms with Crippen molar-refractivity contribution in [2.45, 2.75) is 19.3 Å². The molecule has 4 heterocycles. The van der Waals surface area contributed by atoms with Gasteiger partial charge in [-0.25, -0.2) is 9.97 Å². The summed E-state index contributed by atoms with van der Waals surface area (Å²) < 4.78 is 0. The van der Waals surface area contributed by atoms with Gasteiger partial charge in [0.25, 0.3) is 0 Å². The third kappa shape index (κ3) is 3.83. The molecule has 3 aromatic heterocycles. The summed E-state index contributed by atoms with van der Waals surface area (Å²) in [6, 6.07) is 5.80. The zero-order chi connectivity index (χ0) is 17.6. The number of hydrogen-bond acceptors (Lipinski definition) is 7. The molecule has 4 rings (SSSR count). The number of hydrogen-bond donors (Lipinski definition) is 2. The smallest absolute Gasteiger partial charge is 0.180 e. The lowest BCUT2D eigenvalue weighted by molar-refractivity contribution is 0.708. The highest BCUT2D eigenvalue weighted by molar-refractivity contribution is 5.57. The molecule has 3 aromatic rings. The van der Waals surface area contributed by atoms with Gasteiger partial charge in [0.1, 0.15) is 11.5 Å². The first-order valence-corrected chi connectivity index (χ1v) is 8.91. The first-order valence-electron chi connectivity index (χ1n) is 8.91. The van der Waals surface area contributed by atoms with Gasteiger partial charge in [-0.15, -0.1) is 0 Å². The summed E-state index contributed by atoms with van der Waals surface area (Å²) in [6.45, 7) is 2.63. The molecule has 0 saturated carbocycles. The summed E-state index contributed by atoms with van der Waals surface area (Å²) in [6.07, 6.45) is 9.59. The van der Waals surface area contributed by atoms with Crippen molar-refractivity contribution in [3.05, 3.63) is 59.9 Å². The zero-order valence-electron chi connectivity index (χ0n) is 14.5. The fourth-order valence-electron chi connectivity index (χ4n) is 3.07. The van der Waals surface area contributed by atoms with Crippen LogP contribution in [0.2, 0.25) is 0 Å². The molecule has 0 atom stereocenters. The van der Waals surface area contributed by atoms with Gasteiger partial charge in [0.2, 0.25) is 0 Å². The molecule has 0 radical (unpaired) electrons. The van der Waals surface area contributed by atoms with Crippen LogP contribution in [0.15, 0.2) is 43.0 Å². The Labute approximate surface area is 152 Å². The predicted octanol–water partition coefficient (Wildman–Crippen LogP) is 1.67. The quantitative estimate of drug-likeness (QED) is 0.726. The van der Waals surface area contributed by atoms with Crippen molar-refractivity contribution >= 4 is 5.82 Å². The lowest BCUT2D eigenvalue weighted by Crippen LogP contribution is -2.16. The molecule has 26 heavy (non-hydrogen) atoms. The molecular formula is C19H21N7. The Hall–Kier alpha value is -2.93. The zero-order valence-corrected chi connectivity index (χ0v) is 14.5. The molecular weight excluding hydrogens is 326 g/mol. The first-order chi connectivity index (χ1) is 12.9. The lowest BCUT2D eigenvalue weighted by Gasteiger charge is -2.14. The van der Waals surface area contributed by atoms with E-state index < -0.39 is 0 Å². The van der Waals surface area contributed by atoms with Gasteiger partial charge in [0.15, 0.2) is 5.82 Å². The minimum Gasteiger partial charge on any atom is -0.369 e. The molecule has 0 aliphatic carbocycles. The van der Waals surface area contributed by atoms with Crippen LogP contribution in [0.25, 0.3) is 11.5 Å². The SMILES string of the molecule is c1ccc(-c2nc3c(c(NCCc4cnccn4)n2)CCNCC3)nc1. The van der Waals surface area contributed by atoms with Crippen LogP contribution in [0.1, 0.15) is 17.0 Å². The van der Waals surface area contributed by atoms with Crippen LogP contribution in [-0.2, 0) is 19.3 Å². The van der Waals surface area contributed by atoms with Gasteiger partial charge < -0.3 is 10.6 Å². The molecule has 2 N–H and O–H groups in total. The predicted molar refractivity (Wildman–Crippen MR) is 99.8 cm³/mol. The fraction of sp³-hybridized carbons (Fsp3) is 0.316. The van der Waals surface area contributed by atoms with Crippen molar-refractivity contribution in [3.63, 3.8) is 0 Å². The van der Waals surface area contributed by atoms with Crippen LogP contribution < -0.4 is 10.6 Å². The number of nitrogens with zero attached hydrogens (tertiary/aromatic N) is 5. The second-order valence-corrected chi connectivity index (χ2v) is 6.16. The Morgan fingerprint density at radius 2 is 1.96 bits per heavy atom. The lowest BCUT2D eigenvalue weighted by atomic mass is 10.1. The van der Waals surface area contributed by atoms with Crippen molar-refractivity contribution in [2.75, 3.05) is 25.0 Å². The van der Waals surface area contributed by atoms with Gasteiger partial charge in [-0.2, -0.15) is 0 Å². The molecule has 0 unspecified atom stereocenters. The maximum Gasteiger partial charge on any atom is 0.180 e. The maximum atomic E-state index is 4.79. The standard InChI is InChI=1S/C19H21N7/c1-2-7-23-17(3-1)19-25-16-6-9-20-8-5-15(16)18(26-19)24-10-4-14-13-21-11-12-22-14/h1-3,7,11-13,20H,4-6,8-10H2,(H,24,25,26). The Morgan fingerprint density at radius 1 is 1.00 bits per heavy atom. The fourth-order valence-corrected chi connectivity index (χ4v) is 3.07. The van der Waals surface area contributed by atoms with E-state index in [1.807, 2.05) is 18.2 Å². The number of rotatable bonds is 5. The molecule has 0 aromatic carbocycles. The van der Waals surface area contributed by atoms with E-state index in [2.05, 4.69) is 25.6 Å².